The molecule has 6 heteroatoms. The summed E-state index contributed by atoms with van der Waals surface area (Å²) in [5, 5.41) is 5.13. The standard InChI is InChI=1S/C17H24ClN5/c1-14(2)23-17(19-13-20-23)12-22-8-6-21(7-9-22)11-15-4-3-5-16(18)10-15/h3-5,10,13-14H,6-9,11-12H2,1-2H3. The minimum atomic E-state index is 0.358. The molecule has 1 fully saturated rings. The molecule has 0 spiro atoms. The van der Waals surface area contributed by atoms with Crippen molar-refractivity contribution >= 4 is 11.6 Å². The van der Waals surface area contributed by atoms with E-state index in [1.165, 1.54) is 5.56 Å². The quantitative estimate of drug-likeness (QED) is 0.843. The third-order valence-electron chi connectivity index (χ3n) is 4.26. The van der Waals surface area contributed by atoms with E-state index in [1.54, 1.807) is 6.33 Å². The molecular weight excluding hydrogens is 310 g/mol. The van der Waals surface area contributed by atoms with E-state index in [4.69, 9.17) is 11.6 Å². The first-order valence-electron chi connectivity index (χ1n) is 8.19. The smallest absolute Gasteiger partial charge is 0.141 e. The third kappa shape index (κ3) is 4.31. The molecule has 2 aromatic rings. The molecule has 5 nitrogen and oxygen atoms in total. The van der Waals surface area contributed by atoms with Crippen molar-refractivity contribution in [2.75, 3.05) is 26.2 Å². The van der Waals surface area contributed by atoms with E-state index in [0.717, 1.165) is 50.1 Å². The highest BCUT2D eigenvalue weighted by Crippen LogP contribution is 2.15. The van der Waals surface area contributed by atoms with E-state index < -0.39 is 0 Å². The lowest BCUT2D eigenvalue weighted by molar-refractivity contribution is 0.118. The van der Waals surface area contributed by atoms with Gasteiger partial charge in [-0.15, -0.1) is 0 Å². The summed E-state index contributed by atoms with van der Waals surface area (Å²) < 4.78 is 2.01. The topological polar surface area (TPSA) is 37.2 Å². The van der Waals surface area contributed by atoms with Gasteiger partial charge in [-0.25, -0.2) is 9.67 Å². The zero-order chi connectivity index (χ0) is 16.2. The van der Waals surface area contributed by atoms with E-state index in [0.29, 0.717) is 6.04 Å². The molecule has 0 saturated carbocycles. The Kier molecular flexibility index (Phi) is 5.30. The van der Waals surface area contributed by atoms with Crippen LogP contribution in [0.4, 0.5) is 0 Å². The average Bonchev–Trinajstić information content (AvgIpc) is 2.98. The second-order valence-electron chi connectivity index (χ2n) is 6.40. The van der Waals surface area contributed by atoms with Gasteiger partial charge in [0, 0.05) is 43.8 Å². The maximum absolute atomic E-state index is 6.06. The van der Waals surface area contributed by atoms with Gasteiger partial charge in [-0.1, -0.05) is 23.7 Å². The van der Waals surface area contributed by atoms with Gasteiger partial charge in [0.25, 0.3) is 0 Å². The summed E-state index contributed by atoms with van der Waals surface area (Å²) in [5.41, 5.74) is 1.28. The Bertz CT molecular complexity index is 631. The fourth-order valence-electron chi connectivity index (χ4n) is 3.02. The van der Waals surface area contributed by atoms with Crippen LogP contribution >= 0.6 is 11.6 Å². The highest BCUT2D eigenvalue weighted by atomic mass is 35.5. The number of halogens is 1. The SMILES string of the molecule is CC(C)n1ncnc1CN1CCN(Cc2cccc(Cl)c2)CC1. The van der Waals surface area contributed by atoms with Crippen LogP contribution in [0.3, 0.4) is 0 Å². The first kappa shape index (κ1) is 16.4. The maximum Gasteiger partial charge on any atom is 0.141 e. The van der Waals surface area contributed by atoms with Crippen LogP contribution in [0.15, 0.2) is 30.6 Å². The number of benzene rings is 1. The molecule has 1 aliphatic heterocycles. The van der Waals surface area contributed by atoms with Crippen molar-refractivity contribution in [2.45, 2.75) is 33.0 Å². The molecule has 0 bridgehead atoms. The summed E-state index contributed by atoms with van der Waals surface area (Å²) >= 11 is 6.06. The van der Waals surface area contributed by atoms with Crippen LogP contribution in [-0.4, -0.2) is 50.7 Å². The number of hydrogen-bond donors (Lipinski definition) is 0. The fourth-order valence-corrected chi connectivity index (χ4v) is 3.23. The Morgan fingerprint density at radius 2 is 1.78 bits per heavy atom. The molecule has 0 N–H and O–H groups in total. The summed E-state index contributed by atoms with van der Waals surface area (Å²) in [5.74, 6) is 1.06. The van der Waals surface area contributed by atoms with Gasteiger partial charge in [-0.2, -0.15) is 5.10 Å². The van der Waals surface area contributed by atoms with Crippen LogP contribution < -0.4 is 0 Å². The average molecular weight is 334 g/mol. The van der Waals surface area contributed by atoms with Gasteiger partial charge in [-0.05, 0) is 31.5 Å². The predicted octanol–water partition coefficient (Wildman–Crippen LogP) is 2.83. The summed E-state index contributed by atoms with van der Waals surface area (Å²) in [6, 6.07) is 8.50. The largest absolute Gasteiger partial charge is 0.297 e. The van der Waals surface area contributed by atoms with Crippen molar-refractivity contribution in [3.8, 4) is 0 Å². The van der Waals surface area contributed by atoms with Crippen LogP contribution in [0.2, 0.25) is 5.02 Å². The van der Waals surface area contributed by atoms with Crippen molar-refractivity contribution in [2.24, 2.45) is 0 Å². The van der Waals surface area contributed by atoms with Crippen molar-refractivity contribution in [3.05, 3.63) is 47.0 Å². The van der Waals surface area contributed by atoms with Gasteiger partial charge >= 0.3 is 0 Å². The monoisotopic (exact) mass is 333 g/mol. The molecule has 0 aliphatic carbocycles. The Balaban J connectivity index is 1.51. The normalized spacial score (nSPS) is 17.0. The molecular formula is C17H24ClN5. The Morgan fingerprint density at radius 3 is 2.43 bits per heavy atom. The number of piperazine rings is 1. The fraction of sp³-hybridized carbons (Fsp3) is 0.529. The Labute approximate surface area is 142 Å². The van der Waals surface area contributed by atoms with Gasteiger partial charge in [0.1, 0.15) is 12.2 Å². The summed E-state index contributed by atoms with van der Waals surface area (Å²) in [7, 11) is 0. The Morgan fingerprint density at radius 1 is 1.09 bits per heavy atom. The maximum atomic E-state index is 6.06. The molecule has 1 aliphatic rings. The van der Waals surface area contributed by atoms with Crippen molar-refractivity contribution in [3.63, 3.8) is 0 Å². The second kappa shape index (κ2) is 7.43. The van der Waals surface area contributed by atoms with Gasteiger partial charge in [0.05, 0.1) is 6.54 Å². The van der Waals surface area contributed by atoms with Crippen LogP contribution in [0.5, 0.6) is 0 Å². The molecule has 23 heavy (non-hydrogen) atoms. The number of nitrogens with zero attached hydrogens (tertiary/aromatic N) is 5. The van der Waals surface area contributed by atoms with Gasteiger partial charge < -0.3 is 0 Å². The van der Waals surface area contributed by atoms with E-state index >= 15 is 0 Å². The van der Waals surface area contributed by atoms with E-state index in [1.807, 2.05) is 16.8 Å². The molecule has 0 unspecified atom stereocenters. The Hall–Kier alpha value is -1.43. The highest BCUT2D eigenvalue weighted by Gasteiger charge is 2.19. The van der Waals surface area contributed by atoms with E-state index in [9.17, 15) is 0 Å². The lowest BCUT2D eigenvalue weighted by Crippen LogP contribution is -2.45. The molecule has 0 radical (unpaired) electrons. The third-order valence-corrected chi connectivity index (χ3v) is 4.50. The van der Waals surface area contributed by atoms with Crippen molar-refractivity contribution in [1.29, 1.82) is 0 Å². The molecule has 3 rings (SSSR count). The first-order valence-corrected chi connectivity index (χ1v) is 8.57. The lowest BCUT2D eigenvalue weighted by atomic mass is 10.2. The van der Waals surface area contributed by atoms with Gasteiger partial charge in [0.15, 0.2) is 0 Å². The van der Waals surface area contributed by atoms with E-state index in [-0.39, 0.29) is 0 Å². The molecule has 0 amide bonds. The molecule has 1 saturated heterocycles. The molecule has 124 valence electrons. The summed E-state index contributed by atoms with van der Waals surface area (Å²) in [4.78, 5) is 9.35. The van der Waals surface area contributed by atoms with Crippen LogP contribution in [0.25, 0.3) is 0 Å². The highest BCUT2D eigenvalue weighted by molar-refractivity contribution is 6.30. The number of hydrogen-bond acceptors (Lipinski definition) is 4. The minimum Gasteiger partial charge on any atom is -0.297 e. The lowest BCUT2D eigenvalue weighted by Gasteiger charge is -2.34. The van der Waals surface area contributed by atoms with Crippen LogP contribution in [-0.2, 0) is 13.1 Å². The number of rotatable bonds is 5. The summed E-state index contributed by atoms with van der Waals surface area (Å²) in [6.07, 6.45) is 1.66. The first-order chi connectivity index (χ1) is 11.1. The molecule has 1 aromatic carbocycles. The van der Waals surface area contributed by atoms with Gasteiger partial charge in [0.2, 0.25) is 0 Å². The van der Waals surface area contributed by atoms with Crippen LogP contribution in [0, 0.1) is 0 Å². The zero-order valence-electron chi connectivity index (χ0n) is 13.8. The predicted molar refractivity (Wildman–Crippen MR) is 92.4 cm³/mol. The van der Waals surface area contributed by atoms with Crippen molar-refractivity contribution in [1.82, 2.24) is 24.6 Å². The van der Waals surface area contributed by atoms with Crippen LogP contribution in [0.1, 0.15) is 31.3 Å². The molecule has 1 aromatic heterocycles. The van der Waals surface area contributed by atoms with Gasteiger partial charge in [-0.3, -0.25) is 9.80 Å². The minimum absolute atomic E-state index is 0.358. The molecule has 0 atom stereocenters. The zero-order valence-corrected chi connectivity index (χ0v) is 14.6. The second-order valence-corrected chi connectivity index (χ2v) is 6.83. The summed E-state index contributed by atoms with van der Waals surface area (Å²) in [6.45, 7) is 10.4. The van der Waals surface area contributed by atoms with Crippen molar-refractivity contribution < 1.29 is 0 Å². The molecule has 2 heterocycles. The van der Waals surface area contributed by atoms with E-state index in [2.05, 4.69) is 45.9 Å². The number of aromatic nitrogens is 3.